The van der Waals surface area contributed by atoms with Crippen molar-refractivity contribution < 1.29 is 4.43 Å². The Labute approximate surface area is 138 Å². The first-order chi connectivity index (χ1) is 10.3. The topological polar surface area (TPSA) is 25.4 Å². The second-order valence-corrected chi connectivity index (χ2v) is 11.9. The van der Waals surface area contributed by atoms with Crippen molar-refractivity contribution in [2.45, 2.75) is 65.8 Å². The molecular formula is C18H34N2OSi. The molecule has 0 bridgehead atoms. The number of aromatic nitrogens is 1. The molecule has 3 nitrogen and oxygen atoms in total. The highest BCUT2D eigenvalue weighted by atomic mass is 28.4. The van der Waals surface area contributed by atoms with Crippen LogP contribution in [0, 0.1) is 5.92 Å². The molecule has 0 radical (unpaired) electrons. The minimum atomic E-state index is -1.48. The highest BCUT2D eigenvalue weighted by Gasteiger charge is 2.25. The number of rotatable bonds is 10. The number of hydrogen-bond donors (Lipinski definition) is 0. The molecule has 0 aliphatic rings. The molecule has 0 saturated carbocycles. The highest BCUT2D eigenvalue weighted by molar-refractivity contribution is 6.69. The molecule has 0 fully saturated rings. The second kappa shape index (κ2) is 9.43. The molecule has 0 N–H and O–H groups in total. The van der Waals surface area contributed by atoms with Crippen LogP contribution in [-0.2, 0) is 11.0 Å². The van der Waals surface area contributed by atoms with Gasteiger partial charge in [0.05, 0.1) is 5.69 Å². The number of pyridine rings is 1. The maximum atomic E-state index is 6.23. The van der Waals surface area contributed by atoms with Crippen LogP contribution in [0.2, 0.25) is 19.6 Å². The molecule has 0 spiro atoms. The van der Waals surface area contributed by atoms with E-state index < -0.39 is 8.32 Å². The Morgan fingerprint density at radius 3 is 2.45 bits per heavy atom. The van der Waals surface area contributed by atoms with Gasteiger partial charge >= 0.3 is 0 Å². The Bertz CT molecular complexity index is 403. The molecule has 1 atom stereocenters. The van der Waals surface area contributed by atoms with Crippen LogP contribution in [0.4, 0.5) is 0 Å². The van der Waals surface area contributed by atoms with E-state index in [0.717, 1.165) is 25.4 Å². The van der Waals surface area contributed by atoms with E-state index in [0.29, 0.717) is 12.0 Å². The summed E-state index contributed by atoms with van der Waals surface area (Å²) < 4.78 is 6.23. The highest BCUT2D eigenvalue weighted by Crippen LogP contribution is 2.17. The van der Waals surface area contributed by atoms with Crippen molar-refractivity contribution in [2.75, 3.05) is 13.2 Å². The second-order valence-electron chi connectivity index (χ2n) is 7.38. The van der Waals surface area contributed by atoms with Crippen LogP contribution in [0.3, 0.4) is 0 Å². The molecular weight excluding hydrogens is 288 g/mol. The molecule has 1 rings (SSSR count). The van der Waals surface area contributed by atoms with Gasteiger partial charge in [-0.15, -0.1) is 0 Å². The van der Waals surface area contributed by atoms with E-state index in [1.807, 2.05) is 12.3 Å². The Kier molecular flexibility index (Phi) is 8.29. The van der Waals surface area contributed by atoms with Crippen molar-refractivity contribution in [3.8, 4) is 0 Å². The third-order valence-corrected chi connectivity index (χ3v) is 4.85. The summed E-state index contributed by atoms with van der Waals surface area (Å²) in [6.45, 7) is 16.5. The predicted octanol–water partition coefficient (Wildman–Crippen LogP) is 4.56. The van der Waals surface area contributed by atoms with Gasteiger partial charge in [0.2, 0.25) is 0 Å². The zero-order valence-electron chi connectivity index (χ0n) is 15.3. The van der Waals surface area contributed by atoms with Gasteiger partial charge in [-0.05, 0) is 50.7 Å². The van der Waals surface area contributed by atoms with Crippen LogP contribution >= 0.6 is 0 Å². The third-order valence-electron chi connectivity index (χ3n) is 3.82. The predicted molar refractivity (Wildman–Crippen MR) is 97.5 cm³/mol. The van der Waals surface area contributed by atoms with Crippen LogP contribution in [0.5, 0.6) is 0 Å². The molecule has 0 aliphatic carbocycles. The average molecular weight is 323 g/mol. The van der Waals surface area contributed by atoms with Crippen molar-refractivity contribution in [3.05, 3.63) is 30.1 Å². The Morgan fingerprint density at radius 2 is 1.95 bits per heavy atom. The molecule has 1 aromatic rings. The van der Waals surface area contributed by atoms with E-state index >= 15 is 0 Å². The first-order valence-electron chi connectivity index (χ1n) is 8.61. The number of nitrogens with zero attached hydrogens (tertiary/aromatic N) is 2. The van der Waals surface area contributed by atoms with Gasteiger partial charge in [-0.25, -0.2) is 0 Å². The van der Waals surface area contributed by atoms with Gasteiger partial charge in [-0.3, -0.25) is 9.88 Å². The Hall–Kier alpha value is -0.713. The molecule has 0 amide bonds. The average Bonchev–Trinajstić information content (AvgIpc) is 2.44. The lowest BCUT2D eigenvalue weighted by Gasteiger charge is -2.36. The zero-order chi connectivity index (χ0) is 16.6. The van der Waals surface area contributed by atoms with E-state index in [1.54, 1.807) is 0 Å². The summed E-state index contributed by atoms with van der Waals surface area (Å²) >= 11 is 0. The van der Waals surface area contributed by atoms with Crippen molar-refractivity contribution in [1.82, 2.24) is 9.88 Å². The fourth-order valence-corrected chi connectivity index (χ4v) is 3.15. The first kappa shape index (κ1) is 19.3. The monoisotopic (exact) mass is 322 g/mol. The first-order valence-corrected chi connectivity index (χ1v) is 12.0. The standard InChI is InChI=1S/C18H34N2OSi/c1-7-8-13-20(14-17-11-9-10-12-19-17)18(16(2)3)15-21-22(4,5)6/h9-12,16,18H,7-8,13-15H2,1-6H3/t18-/m1/s1. The van der Waals surface area contributed by atoms with Crippen molar-refractivity contribution in [1.29, 1.82) is 0 Å². The van der Waals surface area contributed by atoms with Crippen LogP contribution in [0.15, 0.2) is 24.4 Å². The maximum absolute atomic E-state index is 6.23. The van der Waals surface area contributed by atoms with E-state index in [9.17, 15) is 0 Å². The Morgan fingerprint density at radius 1 is 1.23 bits per heavy atom. The normalized spacial score (nSPS) is 13.8. The van der Waals surface area contributed by atoms with E-state index in [4.69, 9.17) is 4.43 Å². The van der Waals surface area contributed by atoms with Gasteiger partial charge in [-0.1, -0.05) is 33.3 Å². The molecule has 0 aromatic carbocycles. The third kappa shape index (κ3) is 7.52. The van der Waals surface area contributed by atoms with Gasteiger partial charge in [0, 0.05) is 25.4 Å². The summed E-state index contributed by atoms with van der Waals surface area (Å²) in [5.41, 5.74) is 1.15. The maximum Gasteiger partial charge on any atom is 0.183 e. The summed E-state index contributed by atoms with van der Waals surface area (Å²) in [5.74, 6) is 0.580. The van der Waals surface area contributed by atoms with Gasteiger partial charge in [-0.2, -0.15) is 0 Å². The summed E-state index contributed by atoms with van der Waals surface area (Å²) in [4.78, 5) is 7.07. The lowest BCUT2D eigenvalue weighted by Crippen LogP contribution is -2.45. The smallest absolute Gasteiger partial charge is 0.183 e. The Balaban J connectivity index is 2.79. The number of unbranched alkanes of at least 4 members (excludes halogenated alkanes) is 1. The van der Waals surface area contributed by atoms with E-state index in [2.05, 4.69) is 62.4 Å². The van der Waals surface area contributed by atoms with Gasteiger partial charge < -0.3 is 4.43 Å². The fourth-order valence-electron chi connectivity index (χ4n) is 2.48. The van der Waals surface area contributed by atoms with E-state index in [-0.39, 0.29) is 0 Å². The summed E-state index contributed by atoms with van der Waals surface area (Å²) in [6.07, 6.45) is 4.33. The lowest BCUT2D eigenvalue weighted by atomic mass is 10.0. The van der Waals surface area contributed by atoms with Crippen LogP contribution in [0.25, 0.3) is 0 Å². The minimum absolute atomic E-state index is 0.459. The summed E-state index contributed by atoms with van der Waals surface area (Å²) in [7, 11) is -1.48. The molecule has 126 valence electrons. The van der Waals surface area contributed by atoms with Crippen molar-refractivity contribution in [3.63, 3.8) is 0 Å². The molecule has 0 unspecified atom stereocenters. The minimum Gasteiger partial charge on any atom is -0.416 e. The molecule has 1 aromatic heterocycles. The SMILES string of the molecule is CCCCN(Cc1ccccn1)[C@H](CO[Si](C)(C)C)C(C)C. The van der Waals surface area contributed by atoms with E-state index in [1.165, 1.54) is 12.8 Å². The molecule has 22 heavy (non-hydrogen) atoms. The summed E-state index contributed by atoms with van der Waals surface area (Å²) in [5, 5.41) is 0. The largest absolute Gasteiger partial charge is 0.416 e. The summed E-state index contributed by atoms with van der Waals surface area (Å²) in [6, 6.07) is 6.63. The number of hydrogen-bond acceptors (Lipinski definition) is 3. The lowest BCUT2D eigenvalue weighted by molar-refractivity contribution is 0.0894. The van der Waals surface area contributed by atoms with Crippen LogP contribution in [0.1, 0.15) is 39.3 Å². The quantitative estimate of drug-likeness (QED) is 0.590. The fraction of sp³-hybridized carbons (Fsp3) is 0.722. The molecule has 0 saturated heterocycles. The zero-order valence-corrected chi connectivity index (χ0v) is 16.3. The van der Waals surface area contributed by atoms with Gasteiger partial charge in [0.25, 0.3) is 0 Å². The molecule has 0 aliphatic heterocycles. The van der Waals surface area contributed by atoms with Crippen LogP contribution < -0.4 is 0 Å². The van der Waals surface area contributed by atoms with Gasteiger partial charge in [0.1, 0.15) is 0 Å². The molecule has 1 heterocycles. The molecule has 4 heteroatoms. The van der Waals surface area contributed by atoms with Crippen LogP contribution in [-0.4, -0.2) is 37.4 Å². The van der Waals surface area contributed by atoms with Crippen molar-refractivity contribution >= 4 is 8.32 Å². The van der Waals surface area contributed by atoms with Crippen molar-refractivity contribution in [2.24, 2.45) is 5.92 Å². The van der Waals surface area contributed by atoms with Gasteiger partial charge in [0.15, 0.2) is 8.32 Å².